The Bertz CT molecular complexity index is 333. The molecule has 0 saturated carbocycles. The van der Waals surface area contributed by atoms with Gasteiger partial charge < -0.3 is 5.11 Å². The van der Waals surface area contributed by atoms with Gasteiger partial charge in [0.05, 0.1) is 0 Å². The van der Waals surface area contributed by atoms with Crippen molar-refractivity contribution in [3.8, 4) is 5.75 Å². The fraction of sp³-hybridized carbons (Fsp3) is 0. The van der Waals surface area contributed by atoms with Crippen molar-refractivity contribution in [1.29, 1.82) is 0 Å². The molecule has 3 nitrogen and oxygen atoms in total. The number of carbonyl (C=O) groups is 2. The lowest BCUT2D eigenvalue weighted by atomic mass is 10.1. The lowest BCUT2D eigenvalue weighted by molar-refractivity contribution is -0.108. The summed E-state index contributed by atoms with van der Waals surface area (Å²) >= 11 is 4.95. The molecule has 0 heterocycles. The van der Waals surface area contributed by atoms with Gasteiger partial charge in [-0.15, -0.1) is 0 Å². The van der Waals surface area contributed by atoms with Crippen LogP contribution in [0.25, 0.3) is 0 Å². The van der Waals surface area contributed by atoms with Crippen molar-refractivity contribution in [3.05, 3.63) is 29.8 Å². The minimum atomic E-state index is -1.05. The van der Waals surface area contributed by atoms with E-state index in [1.165, 1.54) is 24.3 Å². The largest absolute Gasteiger partial charge is 0.508 e. The first-order valence-electron chi connectivity index (χ1n) is 3.14. The Morgan fingerprint density at radius 2 is 2.00 bits per heavy atom. The standard InChI is InChI=1S/C8H5ClO3/c9-8(12)7(11)5-2-1-3-6(10)4-5/h1-4,10H. The fourth-order valence-corrected chi connectivity index (χ4v) is 0.870. The van der Waals surface area contributed by atoms with Crippen LogP contribution in [0.1, 0.15) is 10.4 Å². The van der Waals surface area contributed by atoms with Gasteiger partial charge in [-0.05, 0) is 23.7 Å². The number of benzene rings is 1. The number of hydrogen-bond donors (Lipinski definition) is 1. The van der Waals surface area contributed by atoms with Gasteiger partial charge in [0, 0.05) is 5.56 Å². The summed E-state index contributed by atoms with van der Waals surface area (Å²) in [6.07, 6.45) is 0. The third-order valence-corrected chi connectivity index (χ3v) is 1.46. The summed E-state index contributed by atoms with van der Waals surface area (Å²) in [5.41, 5.74) is 0.0926. The molecular formula is C8H5ClO3. The Kier molecular flexibility index (Phi) is 2.45. The number of halogens is 1. The Labute approximate surface area is 73.6 Å². The van der Waals surface area contributed by atoms with Crippen molar-refractivity contribution in [2.45, 2.75) is 0 Å². The number of carbonyl (C=O) groups excluding carboxylic acids is 2. The summed E-state index contributed by atoms with van der Waals surface area (Å²) in [6, 6.07) is 5.45. The second-order valence-corrected chi connectivity index (χ2v) is 2.50. The van der Waals surface area contributed by atoms with Crippen LogP contribution in [0.5, 0.6) is 5.75 Å². The molecule has 0 amide bonds. The molecule has 1 N–H and O–H groups in total. The van der Waals surface area contributed by atoms with E-state index in [1.807, 2.05) is 0 Å². The van der Waals surface area contributed by atoms with E-state index in [-0.39, 0.29) is 11.3 Å². The van der Waals surface area contributed by atoms with Crippen molar-refractivity contribution in [2.24, 2.45) is 0 Å². The van der Waals surface area contributed by atoms with E-state index in [0.29, 0.717) is 0 Å². The zero-order valence-electron chi connectivity index (χ0n) is 5.95. The molecule has 1 rings (SSSR count). The lowest BCUT2D eigenvalue weighted by Gasteiger charge is -1.95. The predicted octanol–water partition coefficient (Wildman–Crippen LogP) is 1.34. The summed E-state index contributed by atoms with van der Waals surface area (Å²) in [6.45, 7) is 0. The highest BCUT2D eigenvalue weighted by Crippen LogP contribution is 2.11. The third kappa shape index (κ3) is 1.83. The number of rotatable bonds is 2. The van der Waals surface area contributed by atoms with Gasteiger partial charge in [-0.2, -0.15) is 0 Å². The van der Waals surface area contributed by atoms with E-state index < -0.39 is 11.0 Å². The maximum Gasteiger partial charge on any atom is 0.293 e. The van der Waals surface area contributed by atoms with Gasteiger partial charge in [0.25, 0.3) is 5.24 Å². The summed E-state index contributed by atoms with van der Waals surface area (Å²) in [4.78, 5) is 21.3. The second kappa shape index (κ2) is 3.36. The Balaban J connectivity index is 3.04. The molecule has 0 saturated heterocycles. The molecule has 0 unspecified atom stereocenters. The molecule has 0 aromatic heterocycles. The molecule has 12 heavy (non-hydrogen) atoms. The van der Waals surface area contributed by atoms with E-state index >= 15 is 0 Å². The number of hydrogen-bond acceptors (Lipinski definition) is 3. The van der Waals surface area contributed by atoms with Crippen LogP contribution in [0.2, 0.25) is 0 Å². The molecule has 0 bridgehead atoms. The van der Waals surface area contributed by atoms with Gasteiger partial charge in [-0.1, -0.05) is 12.1 Å². The third-order valence-electron chi connectivity index (χ3n) is 1.29. The maximum absolute atomic E-state index is 10.9. The number of ketones is 1. The summed E-state index contributed by atoms with van der Waals surface area (Å²) < 4.78 is 0. The fourth-order valence-electron chi connectivity index (χ4n) is 0.761. The second-order valence-electron chi connectivity index (χ2n) is 2.15. The zero-order chi connectivity index (χ0) is 9.14. The number of phenols is 1. The van der Waals surface area contributed by atoms with Gasteiger partial charge >= 0.3 is 0 Å². The highest BCUT2D eigenvalue weighted by Gasteiger charge is 2.12. The van der Waals surface area contributed by atoms with Crippen LogP contribution in [0, 0.1) is 0 Å². The highest BCUT2D eigenvalue weighted by molar-refractivity contribution is 6.83. The first-order valence-corrected chi connectivity index (χ1v) is 3.52. The molecule has 0 aliphatic heterocycles. The molecule has 0 aliphatic carbocycles. The quantitative estimate of drug-likeness (QED) is 0.429. The smallest absolute Gasteiger partial charge is 0.293 e. The van der Waals surface area contributed by atoms with Gasteiger partial charge in [0.15, 0.2) is 0 Å². The molecule has 0 radical (unpaired) electrons. The normalized spacial score (nSPS) is 9.42. The van der Waals surface area contributed by atoms with Gasteiger partial charge in [0.1, 0.15) is 5.75 Å². The summed E-state index contributed by atoms with van der Waals surface area (Å²) in [5, 5.41) is 7.88. The van der Waals surface area contributed by atoms with E-state index in [0.717, 1.165) is 0 Å². The van der Waals surface area contributed by atoms with Crippen molar-refractivity contribution in [1.82, 2.24) is 0 Å². The minimum Gasteiger partial charge on any atom is -0.508 e. The van der Waals surface area contributed by atoms with Gasteiger partial charge in [-0.25, -0.2) is 0 Å². The van der Waals surface area contributed by atoms with Crippen LogP contribution in [-0.2, 0) is 4.79 Å². The minimum absolute atomic E-state index is 0.0706. The van der Waals surface area contributed by atoms with E-state index in [2.05, 4.69) is 0 Å². The lowest BCUT2D eigenvalue weighted by Crippen LogP contribution is -2.06. The van der Waals surface area contributed by atoms with E-state index in [1.54, 1.807) is 0 Å². The molecule has 1 aromatic carbocycles. The van der Waals surface area contributed by atoms with Crippen molar-refractivity contribution in [3.63, 3.8) is 0 Å². The van der Waals surface area contributed by atoms with Crippen LogP contribution < -0.4 is 0 Å². The van der Waals surface area contributed by atoms with E-state index in [9.17, 15) is 9.59 Å². The summed E-state index contributed by atoms with van der Waals surface area (Å²) in [5.74, 6) is -0.883. The highest BCUT2D eigenvalue weighted by atomic mass is 35.5. The first kappa shape index (κ1) is 8.74. The number of aromatic hydroxyl groups is 1. The van der Waals surface area contributed by atoms with E-state index in [4.69, 9.17) is 16.7 Å². The van der Waals surface area contributed by atoms with Crippen LogP contribution in [-0.4, -0.2) is 16.1 Å². The van der Waals surface area contributed by atoms with Gasteiger partial charge in [0.2, 0.25) is 5.78 Å². The van der Waals surface area contributed by atoms with Crippen molar-refractivity contribution >= 4 is 22.6 Å². The molecule has 0 spiro atoms. The molecular weight excluding hydrogens is 180 g/mol. The SMILES string of the molecule is O=C(Cl)C(=O)c1cccc(O)c1. The molecule has 0 atom stereocenters. The van der Waals surface area contributed by atoms with Gasteiger partial charge in [-0.3, -0.25) is 9.59 Å². The monoisotopic (exact) mass is 184 g/mol. The average Bonchev–Trinajstić information content (AvgIpc) is 2.03. The van der Waals surface area contributed by atoms with Crippen LogP contribution in [0.3, 0.4) is 0 Å². The molecule has 0 fully saturated rings. The Morgan fingerprint density at radius 3 is 2.50 bits per heavy atom. The Morgan fingerprint density at radius 1 is 1.33 bits per heavy atom. The molecule has 1 aromatic rings. The molecule has 4 heteroatoms. The maximum atomic E-state index is 10.9. The topological polar surface area (TPSA) is 54.4 Å². The van der Waals surface area contributed by atoms with Crippen LogP contribution in [0.15, 0.2) is 24.3 Å². The summed E-state index contributed by atoms with van der Waals surface area (Å²) in [7, 11) is 0. The Hall–Kier alpha value is -1.35. The number of phenolic OH excluding ortho intramolecular Hbond substituents is 1. The van der Waals surface area contributed by atoms with Crippen molar-refractivity contribution < 1.29 is 14.7 Å². The number of Topliss-reactive ketones (excluding diaryl/α,β-unsaturated/α-hetero) is 1. The van der Waals surface area contributed by atoms with Crippen LogP contribution in [0.4, 0.5) is 0 Å². The average molecular weight is 185 g/mol. The van der Waals surface area contributed by atoms with Crippen molar-refractivity contribution in [2.75, 3.05) is 0 Å². The zero-order valence-corrected chi connectivity index (χ0v) is 6.71. The van der Waals surface area contributed by atoms with Crippen LogP contribution >= 0.6 is 11.6 Å². The molecule has 62 valence electrons. The molecule has 0 aliphatic rings. The first-order chi connectivity index (χ1) is 5.61. The predicted molar refractivity (Wildman–Crippen MR) is 43.3 cm³/mol.